The topological polar surface area (TPSA) is 105 Å². The van der Waals surface area contributed by atoms with Gasteiger partial charge in [0.05, 0.1) is 11.1 Å². The molecular weight excluding hydrogens is 1000 g/mol. The number of thiophene rings is 4. The van der Waals surface area contributed by atoms with Gasteiger partial charge in [0.2, 0.25) is 0 Å². The first-order valence-corrected chi connectivity index (χ1v) is 30.1. The van der Waals surface area contributed by atoms with Crippen LogP contribution < -0.4 is 18.9 Å². The number of aryl methyl sites for hydroxylation is 2. The number of hydrogen-bond acceptors (Lipinski definition) is 12. The van der Waals surface area contributed by atoms with E-state index < -0.39 is 23.9 Å². The molecule has 0 bridgehead atoms. The lowest BCUT2D eigenvalue weighted by Crippen LogP contribution is -2.11. The van der Waals surface area contributed by atoms with E-state index in [0.717, 1.165) is 32.4 Å². The predicted molar refractivity (Wildman–Crippen MR) is 306 cm³/mol. The zero-order valence-corrected chi connectivity index (χ0v) is 46.3. The minimum Gasteiger partial charge on any atom is -0.423 e. The van der Waals surface area contributed by atoms with Gasteiger partial charge >= 0.3 is 23.9 Å². The van der Waals surface area contributed by atoms with Gasteiger partial charge in [-0.25, -0.2) is 19.2 Å². The fourth-order valence-corrected chi connectivity index (χ4v) is 12.6. The molecule has 0 amide bonds. The molecule has 0 aliphatic rings. The Hall–Kier alpha value is -5.66. The first-order valence-electron chi connectivity index (χ1n) is 26.8. The quantitative estimate of drug-likeness (QED) is 0.0233. The summed E-state index contributed by atoms with van der Waals surface area (Å²) >= 11 is 6.38. The number of unbranched alkanes of at least 4 members (excludes halogenated alkanes) is 18. The maximum Gasteiger partial charge on any atom is 0.353 e. The van der Waals surface area contributed by atoms with E-state index in [2.05, 4.69) is 38.1 Å². The minimum absolute atomic E-state index is 0.170. The van der Waals surface area contributed by atoms with Gasteiger partial charge in [-0.05, 0) is 135 Å². The summed E-state index contributed by atoms with van der Waals surface area (Å²) < 4.78 is 22.5. The Morgan fingerprint density at radius 2 is 0.649 bits per heavy atom. The van der Waals surface area contributed by atoms with Gasteiger partial charge < -0.3 is 18.9 Å². The van der Waals surface area contributed by atoms with Crippen LogP contribution in [0, 0.1) is 0 Å². The maximum absolute atomic E-state index is 13.1. The van der Waals surface area contributed by atoms with Gasteiger partial charge in [0.25, 0.3) is 0 Å². The summed E-state index contributed by atoms with van der Waals surface area (Å²) in [4.78, 5) is 60.4. The van der Waals surface area contributed by atoms with Crippen molar-refractivity contribution in [2.75, 3.05) is 0 Å². The highest BCUT2D eigenvalue weighted by atomic mass is 32.1. The van der Waals surface area contributed by atoms with E-state index >= 15 is 0 Å². The van der Waals surface area contributed by atoms with Gasteiger partial charge in [-0.1, -0.05) is 135 Å². The molecule has 0 spiro atoms. The van der Waals surface area contributed by atoms with Gasteiger partial charge in [-0.15, -0.1) is 45.3 Å². The minimum atomic E-state index is -0.642. The van der Waals surface area contributed by atoms with Crippen molar-refractivity contribution in [1.29, 1.82) is 0 Å². The molecule has 7 aromatic rings. The molecule has 0 radical (unpaired) electrons. The summed E-state index contributed by atoms with van der Waals surface area (Å²) in [6.07, 6.45) is 28.7. The number of benzene rings is 3. The van der Waals surface area contributed by atoms with Crippen LogP contribution in [0.2, 0.25) is 0 Å². The average Bonchev–Trinajstić information content (AvgIpc) is 4.27. The van der Waals surface area contributed by atoms with Crippen LogP contribution in [0.25, 0.3) is 19.5 Å². The molecule has 7 rings (SSSR count). The van der Waals surface area contributed by atoms with Crippen LogP contribution in [-0.2, 0) is 12.8 Å². The molecule has 3 aromatic carbocycles. The highest BCUT2D eigenvalue weighted by Gasteiger charge is 2.18. The van der Waals surface area contributed by atoms with Crippen molar-refractivity contribution in [3.63, 3.8) is 0 Å². The Kier molecular flexibility index (Phi) is 23.2. The van der Waals surface area contributed by atoms with E-state index in [4.69, 9.17) is 18.9 Å². The second-order valence-electron chi connectivity index (χ2n) is 18.8. The SMILES string of the molecule is CCCCCCCCCCCCc1ccc(-c2ccc(C(=O)Oc3ccc(C(=O)Oc4cccc(OC(=O)c5ccc(OC(=O)c6ccc(-c7ccc(CCCCCCCCCCCC)s7)s6)cc5)c4)cc3)s2)s1. The van der Waals surface area contributed by atoms with Crippen LogP contribution in [0.5, 0.6) is 23.0 Å². The van der Waals surface area contributed by atoms with Crippen LogP contribution in [0.15, 0.2) is 121 Å². The van der Waals surface area contributed by atoms with Gasteiger partial charge in [0.15, 0.2) is 0 Å². The molecule has 8 nitrogen and oxygen atoms in total. The highest BCUT2D eigenvalue weighted by Crippen LogP contribution is 2.36. The molecule has 0 aliphatic carbocycles. The number of carbonyl (C=O) groups is 4. The van der Waals surface area contributed by atoms with Crippen molar-refractivity contribution >= 4 is 69.2 Å². The Morgan fingerprint density at radius 1 is 0.324 bits per heavy atom. The number of rotatable bonds is 32. The molecule has 4 heterocycles. The van der Waals surface area contributed by atoms with Crippen molar-refractivity contribution in [2.45, 2.75) is 155 Å². The molecule has 4 aromatic heterocycles. The molecule has 0 N–H and O–H groups in total. The molecule has 0 saturated carbocycles. The summed E-state index contributed by atoms with van der Waals surface area (Å²) in [6.45, 7) is 4.52. The molecule has 74 heavy (non-hydrogen) atoms. The number of ether oxygens (including phenoxy) is 4. The Morgan fingerprint density at radius 3 is 1.03 bits per heavy atom. The number of carbonyl (C=O) groups excluding carboxylic acids is 4. The lowest BCUT2D eigenvalue weighted by molar-refractivity contribution is 0.0724. The number of esters is 4. The third-order valence-electron chi connectivity index (χ3n) is 12.8. The van der Waals surface area contributed by atoms with E-state index in [1.807, 2.05) is 12.1 Å². The normalized spacial score (nSPS) is 11.2. The van der Waals surface area contributed by atoms with Crippen LogP contribution in [0.3, 0.4) is 0 Å². The van der Waals surface area contributed by atoms with Crippen molar-refractivity contribution in [2.24, 2.45) is 0 Å². The smallest absolute Gasteiger partial charge is 0.353 e. The first kappa shape index (κ1) is 56.1. The first-order chi connectivity index (χ1) is 36.2. The summed E-state index contributed by atoms with van der Waals surface area (Å²) in [5.74, 6) is -1.29. The predicted octanol–water partition coefficient (Wildman–Crippen LogP) is 19.1. The van der Waals surface area contributed by atoms with E-state index in [0.29, 0.717) is 21.3 Å². The van der Waals surface area contributed by atoms with E-state index in [1.54, 1.807) is 77.3 Å². The molecular formula is C62H70O8S4. The zero-order valence-electron chi connectivity index (χ0n) is 43.0. The maximum atomic E-state index is 13.1. The van der Waals surface area contributed by atoms with Gasteiger partial charge in [-0.2, -0.15) is 0 Å². The van der Waals surface area contributed by atoms with Crippen molar-refractivity contribution in [3.05, 3.63) is 152 Å². The third-order valence-corrected chi connectivity index (χ3v) is 17.6. The monoisotopic (exact) mass is 1070 g/mol. The van der Waals surface area contributed by atoms with Crippen LogP contribution >= 0.6 is 45.3 Å². The summed E-state index contributed by atoms with van der Waals surface area (Å²) in [6, 6.07) is 34.7. The van der Waals surface area contributed by atoms with Crippen molar-refractivity contribution in [1.82, 2.24) is 0 Å². The average molecular weight is 1070 g/mol. The second-order valence-corrected chi connectivity index (χ2v) is 23.3. The van der Waals surface area contributed by atoms with E-state index in [-0.39, 0.29) is 22.6 Å². The summed E-state index contributed by atoms with van der Waals surface area (Å²) in [7, 11) is 0. The largest absolute Gasteiger partial charge is 0.423 e. The lowest BCUT2D eigenvalue weighted by atomic mass is 10.1. The van der Waals surface area contributed by atoms with Crippen LogP contribution in [0.1, 0.15) is 192 Å². The highest BCUT2D eigenvalue weighted by molar-refractivity contribution is 7.23. The third kappa shape index (κ3) is 18.3. The van der Waals surface area contributed by atoms with Gasteiger partial charge in [-0.3, -0.25) is 0 Å². The lowest BCUT2D eigenvalue weighted by Gasteiger charge is -2.09. The van der Waals surface area contributed by atoms with Gasteiger partial charge in [0.1, 0.15) is 32.8 Å². The summed E-state index contributed by atoms with van der Waals surface area (Å²) in [5, 5.41) is 0. The Bertz CT molecular complexity index is 2620. The molecule has 390 valence electrons. The van der Waals surface area contributed by atoms with Gasteiger partial charge in [0, 0.05) is 35.3 Å². The molecule has 0 unspecified atom stereocenters. The van der Waals surface area contributed by atoms with E-state index in [1.165, 1.54) is 191 Å². The molecule has 0 saturated heterocycles. The molecule has 0 atom stereocenters. The fraction of sp³-hybridized carbons (Fsp3) is 0.387. The van der Waals surface area contributed by atoms with E-state index in [9.17, 15) is 19.2 Å². The van der Waals surface area contributed by atoms with Crippen LogP contribution in [0.4, 0.5) is 0 Å². The fourth-order valence-electron chi connectivity index (χ4n) is 8.59. The van der Waals surface area contributed by atoms with Crippen molar-refractivity contribution in [3.8, 4) is 42.5 Å². The Labute approximate surface area is 454 Å². The zero-order chi connectivity index (χ0) is 51.7. The molecule has 0 aliphatic heterocycles. The second kappa shape index (κ2) is 30.6. The van der Waals surface area contributed by atoms with Crippen molar-refractivity contribution < 1.29 is 38.1 Å². The molecule has 12 heteroatoms. The van der Waals surface area contributed by atoms with Crippen LogP contribution in [-0.4, -0.2) is 23.9 Å². The summed E-state index contributed by atoms with van der Waals surface area (Å²) in [5.41, 5.74) is 0.478. The standard InChI is InChI=1S/C62H70O8S4/c1-3-5-7-9-11-13-15-17-19-21-26-51-36-38-53(71-51)55-40-42-57(73-55)61(65)67-47-32-28-45(29-33-47)59(63)69-49-24-23-25-50(44-49)70-60(64)46-30-34-48(35-31-46)68-62(66)58-43-41-56(74-58)54-39-37-52(72-54)27-22-20-18-16-14-12-10-8-6-4-2/h23-25,28-44H,3-22,26-27H2,1-2H3. The molecule has 0 fully saturated rings. The number of hydrogen-bond donors (Lipinski definition) is 0. The Balaban J connectivity index is 0.800.